The number of amides is 1. The summed E-state index contributed by atoms with van der Waals surface area (Å²) in [6.45, 7) is 18.9. The number of hydrogen-bond acceptors (Lipinski definition) is 14. The maximum absolute atomic E-state index is 12.9. The number of nitrogens with one attached hydrogen (secondary N) is 5. The molecule has 25 heteroatoms. The molecular weight excluding hydrogens is 1130 g/mol. The van der Waals surface area contributed by atoms with Gasteiger partial charge in [-0.15, -0.1) is 0 Å². The van der Waals surface area contributed by atoms with E-state index < -0.39 is 11.2 Å². The van der Waals surface area contributed by atoms with Crippen molar-refractivity contribution in [3.63, 3.8) is 0 Å². The largest absolute Gasteiger partial charge is 0.496 e. The molecular formula is C63H77N15O10. The number of imidazole rings is 3. The molecule has 25 nitrogen and oxygen atoms in total. The van der Waals surface area contributed by atoms with E-state index in [1.54, 1.807) is 39.7 Å². The van der Waals surface area contributed by atoms with Gasteiger partial charge in [0.05, 0.1) is 38.6 Å². The molecule has 1 aliphatic carbocycles. The Bertz CT molecular complexity index is 4610. The Balaban J connectivity index is 0.000000163. The van der Waals surface area contributed by atoms with Crippen molar-refractivity contribution in [1.82, 2.24) is 72.5 Å². The number of allylic oxidation sites excluding steroid dienone is 6. The SMILES string of the molecule is CCN(CC)C(=O)[C@@H]1C=C2c3cccc4[nH]cc(c34)C[C@H]2N(C)C1.CCOC(=O)/C=C(C)/C=C/C=C(C)/C=C/c1c(C)cc(OC)c(C)c1C.Cn1c(=O)c2[nH]cnc2n(C)c1=O.Cn1c(=O)c2c(ncn2C)n(C)c1=O.O=c1[nH]c(=O)c2[nH]cnc2[nH]1. The summed E-state index contributed by atoms with van der Waals surface area (Å²) in [5, 5.41) is 1.34. The van der Waals surface area contributed by atoms with Crippen molar-refractivity contribution in [2.45, 2.75) is 67.9 Å². The highest BCUT2D eigenvalue weighted by Crippen LogP contribution is 2.41. The van der Waals surface area contributed by atoms with Crippen LogP contribution in [-0.2, 0) is 56.0 Å². The average Bonchev–Trinajstić information content (AvgIpc) is 1.52. The second-order valence-corrected chi connectivity index (χ2v) is 21.3. The van der Waals surface area contributed by atoms with Crippen LogP contribution in [0.25, 0.3) is 56.0 Å². The van der Waals surface area contributed by atoms with E-state index in [4.69, 9.17) is 9.47 Å². The summed E-state index contributed by atoms with van der Waals surface area (Å²) >= 11 is 0. The number of fused-ring (bicyclic) bond motifs is 5. The number of carbonyl (C=O) groups is 2. The number of likely N-dealkylation sites (N-methyl/N-ethyl adjacent to an activating group) is 1. The van der Waals surface area contributed by atoms with Gasteiger partial charge in [-0.2, -0.15) is 0 Å². The first-order valence-corrected chi connectivity index (χ1v) is 28.5. The van der Waals surface area contributed by atoms with E-state index in [1.165, 1.54) is 98.1 Å². The van der Waals surface area contributed by atoms with Crippen LogP contribution in [-0.4, -0.2) is 131 Å². The molecule has 0 unspecified atom stereocenters. The average molecular weight is 1200 g/mol. The van der Waals surface area contributed by atoms with E-state index in [0.717, 1.165) is 52.1 Å². The quantitative estimate of drug-likeness (QED) is 0.0649. The zero-order chi connectivity index (χ0) is 64.4. The zero-order valence-corrected chi connectivity index (χ0v) is 52.4. The Labute approximate surface area is 505 Å². The molecule has 2 aliphatic rings. The van der Waals surface area contributed by atoms with Crippen LogP contribution in [0, 0.1) is 26.7 Å². The second-order valence-electron chi connectivity index (χ2n) is 21.3. The first kappa shape index (κ1) is 65.4. The third-order valence-corrected chi connectivity index (χ3v) is 15.5. The fraction of sp³-hybridized carbons (Fsp3) is 0.349. The third-order valence-electron chi connectivity index (χ3n) is 15.5. The van der Waals surface area contributed by atoms with Gasteiger partial charge in [-0.1, -0.05) is 54.2 Å². The minimum Gasteiger partial charge on any atom is -0.496 e. The molecule has 0 spiro atoms. The molecule has 2 atom stereocenters. The first-order valence-electron chi connectivity index (χ1n) is 28.5. The normalized spacial score (nSPS) is 14.8. The van der Waals surface area contributed by atoms with E-state index in [0.29, 0.717) is 35.0 Å². The van der Waals surface area contributed by atoms with Gasteiger partial charge < -0.3 is 33.9 Å². The number of H-pyrrole nitrogens is 5. The van der Waals surface area contributed by atoms with Crippen molar-refractivity contribution in [2.24, 2.45) is 41.2 Å². The molecule has 5 N–H and O–H groups in total. The summed E-state index contributed by atoms with van der Waals surface area (Å²) in [6.07, 6.45) is 21.2. The predicted octanol–water partition coefficient (Wildman–Crippen LogP) is 5.42. The highest BCUT2D eigenvalue weighted by Gasteiger charge is 2.36. The molecule has 0 radical (unpaired) electrons. The number of hydrogen-bond donors (Lipinski definition) is 5. The van der Waals surface area contributed by atoms with Gasteiger partial charge in [-0.25, -0.2) is 34.1 Å². The van der Waals surface area contributed by atoms with E-state index >= 15 is 0 Å². The van der Waals surface area contributed by atoms with Crippen molar-refractivity contribution >= 4 is 67.9 Å². The van der Waals surface area contributed by atoms with Crippen molar-refractivity contribution in [3.8, 4) is 5.75 Å². The van der Waals surface area contributed by atoms with Crippen molar-refractivity contribution < 1.29 is 19.1 Å². The number of ether oxygens (including phenoxy) is 2. The van der Waals surface area contributed by atoms with Crippen molar-refractivity contribution in [1.29, 1.82) is 0 Å². The monoisotopic (exact) mass is 1200 g/mol. The topological polar surface area (TPSA) is 304 Å². The van der Waals surface area contributed by atoms with Crippen LogP contribution < -0.4 is 38.5 Å². The van der Waals surface area contributed by atoms with Gasteiger partial charge in [0.1, 0.15) is 16.8 Å². The van der Waals surface area contributed by atoms with E-state index in [2.05, 4.69) is 135 Å². The smallest absolute Gasteiger partial charge is 0.332 e. The number of carbonyl (C=O) groups excluding carboxylic acids is 2. The van der Waals surface area contributed by atoms with Crippen molar-refractivity contribution in [3.05, 3.63) is 193 Å². The van der Waals surface area contributed by atoms with Gasteiger partial charge in [0, 0.05) is 84.1 Å². The number of nitrogens with zero attached hydrogens (tertiary/aromatic N) is 10. The molecule has 7 aromatic heterocycles. The number of esters is 1. The third kappa shape index (κ3) is 14.1. The molecule has 0 saturated carbocycles. The molecule has 0 saturated heterocycles. The van der Waals surface area contributed by atoms with E-state index in [1.807, 2.05) is 37.0 Å². The zero-order valence-electron chi connectivity index (χ0n) is 52.4. The molecule has 8 heterocycles. The summed E-state index contributed by atoms with van der Waals surface area (Å²) in [6, 6.07) is 8.89. The Morgan fingerprint density at radius 2 is 1.44 bits per heavy atom. The van der Waals surface area contributed by atoms with E-state index in [-0.39, 0.29) is 51.5 Å². The van der Waals surface area contributed by atoms with Crippen LogP contribution in [0.5, 0.6) is 5.75 Å². The maximum atomic E-state index is 12.9. The number of methoxy groups -OCH3 is 1. The predicted molar refractivity (Wildman–Crippen MR) is 342 cm³/mol. The maximum Gasteiger partial charge on any atom is 0.332 e. The Hall–Kier alpha value is -10.2. The number of rotatable bonds is 10. The number of benzene rings is 2. The molecule has 88 heavy (non-hydrogen) atoms. The van der Waals surface area contributed by atoms with Gasteiger partial charge in [-0.05, 0) is 126 Å². The molecule has 11 rings (SSSR count). The minimum absolute atomic E-state index is 0.0445. The fourth-order valence-corrected chi connectivity index (χ4v) is 10.6. The molecule has 464 valence electrons. The molecule has 1 aliphatic heterocycles. The molecule has 9 aromatic rings. The van der Waals surface area contributed by atoms with Crippen LogP contribution in [0.2, 0.25) is 0 Å². The molecule has 2 aromatic carbocycles. The summed E-state index contributed by atoms with van der Waals surface area (Å²) in [5.41, 5.74) is 11.7. The molecule has 0 fully saturated rings. The van der Waals surface area contributed by atoms with Gasteiger partial charge in [0.25, 0.3) is 16.7 Å². The first-order chi connectivity index (χ1) is 41.9. The van der Waals surface area contributed by atoms with Crippen LogP contribution in [0.3, 0.4) is 0 Å². The van der Waals surface area contributed by atoms with Gasteiger partial charge >= 0.3 is 23.0 Å². The van der Waals surface area contributed by atoms with Crippen LogP contribution in [0.1, 0.15) is 68.0 Å². The summed E-state index contributed by atoms with van der Waals surface area (Å²) in [5.74, 6) is 0.828. The summed E-state index contributed by atoms with van der Waals surface area (Å²) in [4.78, 5) is 121. The highest BCUT2D eigenvalue weighted by molar-refractivity contribution is 5.99. The Morgan fingerprint density at radius 1 is 0.773 bits per heavy atom. The summed E-state index contributed by atoms with van der Waals surface area (Å²) < 4.78 is 16.7. The molecule has 1 amide bonds. The van der Waals surface area contributed by atoms with Crippen LogP contribution >= 0.6 is 0 Å². The van der Waals surface area contributed by atoms with E-state index in [9.17, 15) is 38.4 Å². The Kier molecular flexibility index (Phi) is 21.1. The lowest BCUT2D eigenvalue weighted by molar-refractivity contribution is -0.137. The van der Waals surface area contributed by atoms with Crippen LogP contribution in [0.4, 0.5) is 0 Å². The second kappa shape index (κ2) is 28.4. The lowest BCUT2D eigenvalue weighted by Gasteiger charge is -2.40. The highest BCUT2D eigenvalue weighted by atomic mass is 16.5. The lowest BCUT2D eigenvalue weighted by Crippen LogP contribution is -2.47. The van der Waals surface area contributed by atoms with Crippen molar-refractivity contribution in [2.75, 3.05) is 40.4 Å². The van der Waals surface area contributed by atoms with Gasteiger partial charge in [-0.3, -0.25) is 52.3 Å². The fourth-order valence-electron chi connectivity index (χ4n) is 10.6. The minimum atomic E-state index is -0.547. The molecule has 0 bridgehead atoms. The standard InChI is InChI=1S/C23H30O3.C20H25N3O.C8H10N4O2.C7H8N4O2.C5H4N4O2/c1-8-26-23(24)14-17(3)11-9-10-16(2)12-13-21-18(4)15-22(25-7)20(6)19(21)5;1-4-23(5-2)20(24)14-9-16-15-7-6-8-17-19(15)13(11-21-17)10-18(16)22(3)12-14;1-10-4-9-6-5(10)7(13)12(3)8(14)11(6)2;1-10-5-4(8-3-9-5)6(12)11(2)7(10)13;10-4-2-3(7-1-6-2)8-5(11)9-4/h9-15H,8H2,1-7H3;6-9,11,14,18,21H,4-5,10,12H2,1-3H3;4H,1-3H3;3H,1-2H3,(H,8,9);1H,(H3,6,7,8,9,10,11)/b11-9+,13-12+,16-10+,17-14+;;;;/t;14-,18-;;;/m.1.../s1. The van der Waals surface area contributed by atoms with Gasteiger partial charge in [0.15, 0.2) is 22.5 Å². The number of aromatic amines is 5. The Morgan fingerprint density at radius 3 is 2.12 bits per heavy atom. The van der Waals surface area contributed by atoms with Gasteiger partial charge in [0.2, 0.25) is 5.91 Å². The number of aryl methyl sites for hydroxylation is 4. The van der Waals surface area contributed by atoms with Crippen LogP contribution in [0.15, 0.2) is 126 Å². The number of aromatic nitrogens is 13. The lowest BCUT2D eigenvalue weighted by atomic mass is 9.79. The summed E-state index contributed by atoms with van der Waals surface area (Å²) in [7, 11) is 11.6.